The topological polar surface area (TPSA) is 88.2 Å². The van der Waals surface area contributed by atoms with E-state index in [0.29, 0.717) is 9.60 Å². The van der Waals surface area contributed by atoms with Crippen LogP contribution in [-0.4, -0.2) is 25.4 Å². The summed E-state index contributed by atoms with van der Waals surface area (Å²) < 4.78 is 28.8. The number of carbonyl (C=O) groups excluding carboxylic acids is 1. The van der Waals surface area contributed by atoms with Gasteiger partial charge in [0.1, 0.15) is 16.1 Å². The van der Waals surface area contributed by atoms with Crippen molar-refractivity contribution < 1.29 is 13.2 Å². The van der Waals surface area contributed by atoms with Gasteiger partial charge >= 0.3 is 0 Å². The van der Waals surface area contributed by atoms with E-state index in [9.17, 15) is 13.2 Å². The van der Waals surface area contributed by atoms with E-state index in [0.717, 1.165) is 22.6 Å². The van der Waals surface area contributed by atoms with Crippen LogP contribution in [0.4, 0.5) is 5.82 Å². The van der Waals surface area contributed by atoms with E-state index >= 15 is 0 Å². The minimum absolute atomic E-state index is 0.138. The van der Waals surface area contributed by atoms with E-state index in [2.05, 4.69) is 31.0 Å². The van der Waals surface area contributed by atoms with Crippen LogP contribution in [0.1, 0.15) is 11.3 Å². The van der Waals surface area contributed by atoms with Crippen molar-refractivity contribution in [3.63, 3.8) is 0 Å². The minimum atomic E-state index is -3.85. The average molecular weight is 480 g/mol. The monoisotopic (exact) mass is 479 g/mol. The lowest BCUT2D eigenvalue weighted by molar-refractivity contribution is -0.117. The number of benzene rings is 1. The summed E-state index contributed by atoms with van der Waals surface area (Å²) in [6.45, 7) is 1.81. The first kappa shape index (κ1) is 20.7. The van der Waals surface area contributed by atoms with Crippen LogP contribution in [0.15, 0.2) is 68.7 Å². The molecule has 28 heavy (non-hydrogen) atoms. The van der Waals surface area contributed by atoms with Crippen molar-refractivity contribution >= 4 is 49.0 Å². The van der Waals surface area contributed by atoms with Crippen LogP contribution in [0.3, 0.4) is 0 Å². The Bertz CT molecular complexity index is 1070. The number of nitrogens with zero attached hydrogens (tertiary/aromatic N) is 1. The Labute approximate surface area is 176 Å². The highest BCUT2D eigenvalue weighted by Gasteiger charge is 2.27. The van der Waals surface area contributed by atoms with E-state index in [1.54, 1.807) is 18.2 Å². The molecule has 146 valence electrons. The quantitative estimate of drug-likeness (QED) is 0.540. The molecule has 6 nitrogen and oxygen atoms in total. The van der Waals surface area contributed by atoms with Gasteiger partial charge in [-0.3, -0.25) is 4.79 Å². The highest BCUT2D eigenvalue weighted by atomic mass is 79.9. The van der Waals surface area contributed by atoms with Gasteiger partial charge in [0, 0.05) is 5.69 Å². The first-order valence-corrected chi connectivity index (χ1v) is 11.5. The Morgan fingerprint density at radius 1 is 1.11 bits per heavy atom. The number of anilines is 1. The average Bonchev–Trinajstić information content (AvgIpc) is 3.09. The molecule has 9 heteroatoms. The zero-order chi connectivity index (χ0) is 20.1. The number of nitrogens with one attached hydrogen (secondary N) is 2. The Kier molecular flexibility index (Phi) is 6.61. The number of pyridine rings is 1. The Balaban J connectivity index is 1.85. The van der Waals surface area contributed by atoms with Crippen LogP contribution in [0.5, 0.6) is 0 Å². The lowest BCUT2D eigenvalue weighted by Crippen LogP contribution is -2.45. The van der Waals surface area contributed by atoms with Gasteiger partial charge in [-0.15, -0.1) is 11.3 Å². The van der Waals surface area contributed by atoms with Crippen LogP contribution in [0.2, 0.25) is 0 Å². The second-order valence-electron chi connectivity index (χ2n) is 6.08. The zero-order valence-corrected chi connectivity index (χ0v) is 18.1. The van der Waals surface area contributed by atoms with E-state index in [1.165, 1.54) is 6.07 Å². The van der Waals surface area contributed by atoms with Crippen LogP contribution in [-0.2, 0) is 21.2 Å². The summed E-state index contributed by atoms with van der Waals surface area (Å²) in [5.74, 6) is -0.0951. The second kappa shape index (κ2) is 8.95. The number of carbonyl (C=O) groups is 1. The van der Waals surface area contributed by atoms with E-state index in [4.69, 9.17) is 0 Å². The summed E-state index contributed by atoms with van der Waals surface area (Å²) in [6.07, 6.45) is 0.213. The fraction of sp³-hybridized carbons (Fsp3) is 0.158. The molecule has 0 aliphatic heterocycles. The lowest BCUT2D eigenvalue weighted by atomic mass is 10.1. The van der Waals surface area contributed by atoms with Crippen molar-refractivity contribution in [3.05, 3.63) is 75.7 Å². The molecule has 1 atom stereocenters. The Morgan fingerprint density at radius 3 is 2.50 bits per heavy atom. The fourth-order valence-electron chi connectivity index (χ4n) is 2.55. The first-order chi connectivity index (χ1) is 13.3. The summed E-state index contributed by atoms with van der Waals surface area (Å²) in [5.41, 5.74) is 1.59. The third-order valence-corrected chi connectivity index (χ3v) is 7.44. The molecule has 0 radical (unpaired) electrons. The molecule has 1 aromatic carbocycles. The van der Waals surface area contributed by atoms with Gasteiger partial charge in [-0.05, 0) is 59.1 Å². The van der Waals surface area contributed by atoms with Crippen LogP contribution in [0, 0.1) is 6.92 Å². The van der Waals surface area contributed by atoms with Crippen molar-refractivity contribution in [1.29, 1.82) is 0 Å². The molecule has 0 bridgehead atoms. The Morgan fingerprint density at radius 2 is 1.86 bits per heavy atom. The van der Waals surface area contributed by atoms with Crippen molar-refractivity contribution in [1.82, 2.24) is 9.71 Å². The van der Waals surface area contributed by atoms with Crippen LogP contribution < -0.4 is 10.0 Å². The molecule has 1 amide bonds. The molecule has 2 heterocycles. The van der Waals surface area contributed by atoms with E-state index in [1.807, 2.05) is 43.3 Å². The molecule has 0 unspecified atom stereocenters. The highest BCUT2D eigenvalue weighted by molar-refractivity contribution is 9.11. The maximum atomic E-state index is 12.9. The number of thiophene rings is 1. The maximum absolute atomic E-state index is 12.9. The fourth-order valence-corrected chi connectivity index (χ4v) is 5.77. The molecule has 3 aromatic rings. The summed E-state index contributed by atoms with van der Waals surface area (Å²) in [4.78, 5) is 17.1. The molecule has 0 aliphatic carbocycles. The van der Waals surface area contributed by atoms with Crippen molar-refractivity contribution in [2.24, 2.45) is 0 Å². The third kappa shape index (κ3) is 5.48. The van der Waals surface area contributed by atoms with Crippen molar-refractivity contribution in [2.45, 2.75) is 23.6 Å². The highest BCUT2D eigenvalue weighted by Crippen LogP contribution is 2.26. The molecule has 2 aromatic heterocycles. The number of aryl methyl sites for hydroxylation is 1. The standard InChI is InChI=1S/C19H18BrN3O3S2/c1-13-6-5-9-17(21-13)22-19(24)15(12-14-7-3-2-4-8-14)23-28(25,26)18-11-10-16(20)27-18/h2-11,15,23H,12H2,1H3,(H,21,22,24)/t15-/m1/s1. The summed E-state index contributed by atoms with van der Waals surface area (Å²) in [7, 11) is -3.85. The molecule has 0 saturated carbocycles. The van der Waals surface area contributed by atoms with Crippen LogP contribution in [0.25, 0.3) is 0 Å². The van der Waals surface area contributed by atoms with Crippen molar-refractivity contribution in [3.8, 4) is 0 Å². The number of aromatic nitrogens is 1. The summed E-state index contributed by atoms with van der Waals surface area (Å²) in [5, 5.41) is 2.70. The molecule has 0 spiro atoms. The van der Waals surface area contributed by atoms with Gasteiger partial charge in [0.15, 0.2) is 0 Å². The molecule has 0 saturated heterocycles. The van der Waals surface area contributed by atoms with Gasteiger partial charge in [0.05, 0.1) is 3.79 Å². The molecule has 0 fully saturated rings. The zero-order valence-electron chi connectivity index (χ0n) is 14.9. The minimum Gasteiger partial charge on any atom is -0.309 e. The predicted molar refractivity (Wildman–Crippen MR) is 114 cm³/mol. The molecule has 3 rings (SSSR count). The number of rotatable bonds is 7. The maximum Gasteiger partial charge on any atom is 0.250 e. The van der Waals surface area contributed by atoms with Gasteiger partial charge in [-0.25, -0.2) is 13.4 Å². The number of amides is 1. The smallest absolute Gasteiger partial charge is 0.250 e. The largest absolute Gasteiger partial charge is 0.309 e. The Hall–Kier alpha value is -2.07. The number of halogens is 1. The van der Waals surface area contributed by atoms with Crippen LogP contribution >= 0.6 is 27.3 Å². The van der Waals surface area contributed by atoms with Gasteiger partial charge in [0.2, 0.25) is 5.91 Å². The van der Waals surface area contributed by atoms with E-state index < -0.39 is 22.0 Å². The van der Waals surface area contributed by atoms with Gasteiger partial charge in [-0.2, -0.15) is 4.72 Å². The molecular formula is C19H18BrN3O3S2. The third-order valence-electron chi connectivity index (χ3n) is 3.85. The number of hydrogen-bond acceptors (Lipinski definition) is 5. The van der Waals surface area contributed by atoms with E-state index in [-0.39, 0.29) is 10.6 Å². The summed E-state index contributed by atoms with van der Waals surface area (Å²) in [6, 6.07) is 16.7. The SMILES string of the molecule is Cc1cccc(NC(=O)[C@@H](Cc2ccccc2)NS(=O)(=O)c2ccc(Br)s2)n1. The number of sulfonamides is 1. The van der Waals surface area contributed by atoms with Gasteiger partial charge in [-0.1, -0.05) is 36.4 Å². The normalized spacial score (nSPS) is 12.5. The second-order valence-corrected chi connectivity index (χ2v) is 10.5. The summed E-state index contributed by atoms with van der Waals surface area (Å²) >= 11 is 4.35. The number of hydrogen-bond donors (Lipinski definition) is 2. The van der Waals surface area contributed by atoms with Crippen molar-refractivity contribution in [2.75, 3.05) is 5.32 Å². The first-order valence-electron chi connectivity index (χ1n) is 8.39. The molecule has 0 aliphatic rings. The molecular weight excluding hydrogens is 462 g/mol. The van der Waals surface area contributed by atoms with Gasteiger partial charge < -0.3 is 5.32 Å². The molecule has 2 N–H and O–H groups in total. The van der Waals surface area contributed by atoms with Gasteiger partial charge in [0.25, 0.3) is 10.0 Å². The lowest BCUT2D eigenvalue weighted by Gasteiger charge is -2.18. The predicted octanol–water partition coefficient (Wildman–Crippen LogP) is 3.74.